The SMILES string of the molecule is CCCCC(=CC(CC)CC1CC(N2CCC(N(C)c3cc(CO)cc(C(F)(F)F)n3)CC2)C1CC=N)c1ncnc2[nH]ccc12. The molecule has 0 spiro atoms. The lowest BCUT2D eigenvalue weighted by atomic mass is 9.63. The maximum atomic E-state index is 13.4. The molecule has 1 saturated carbocycles. The molecule has 250 valence electrons. The van der Waals surface area contributed by atoms with E-state index in [1.54, 1.807) is 25.7 Å². The van der Waals surface area contributed by atoms with Gasteiger partial charge in [-0.1, -0.05) is 26.3 Å². The smallest absolute Gasteiger partial charge is 0.392 e. The molecule has 8 nitrogen and oxygen atoms in total. The van der Waals surface area contributed by atoms with Crippen molar-refractivity contribution in [2.24, 2.45) is 17.8 Å². The highest BCUT2D eigenvalue weighted by Gasteiger charge is 2.44. The number of aliphatic hydroxyl groups is 1. The molecular formula is C35H48F3N7O. The summed E-state index contributed by atoms with van der Waals surface area (Å²) in [5, 5.41) is 18.6. The lowest BCUT2D eigenvalue weighted by molar-refractivity contribution is -0.141. The summed E-state index contributed by atoms with van der Waals surface area (Å²) in [6.07, 6.45) is 11.9. The zero-order valence-corrected chi connectivity index (χ0v) is 27.2. The first-order valence-electron chi connectivity index (χ1n) is 16.8. The Morgan fingerprint density at radius 1 is 1.22 bits per heavy atom. The molecule has 46 heavy (non-hydrogen) atoms. The van der Waals surface area contributed by atoms with Crippen LogP contribution in [-0.4, -0.2) is 68.4 Å². The average Bonchev–Trinajstić information content (AvgIpc) is 3.55. The van der Waals surface area contributed by atoms with Crippen molar-refractivity contribution in [3.8, 4) is 0 Å². The molecule has 1 aliphatic carbocycles. The first-order chi connectivity index (χ1) is 22.2. The molecule has 1 aliphatic heterocycles. The van der Waals surface area contributed by atoms with Crippen LogP contribution in [0, 0.1) is 23.2 Å². The van der Waals surface area contributed by atoms with Gasteiger partial charge in [0.05, 0.1) is 12.3 Å². The van der Waals surface area contributed by atoms with E-state index >= 15 is 0 Å². The van der Waals surface area contributed by atoms with Gasteiger partial charge in [-0.05, 0) is 105 Å². The predicted octanol–water partition coefficient (Wildman–Crippen LogP) is 7.50. The number of nitrogens with one attached hydrogen (secondary N) is 2. The van der Waals surface area contributed by atoms with Crippen LogP contribution < -0.4 is 4.90 Å². The lowest BCUT2D eigenvalue weighted by Gasteiger charge is -2.53. The van der Waals surface area contributed by atoms with Crippen LogP contribution >= 0.6 is 0 Å². The molecule has 0 amide bonds. The van der Waals surface area contributed by atoms with Crippen LogP contribution in [0.15, 0.2) is 36.8 Å². The number of alkyl halides is 3. The normalized spacial score (nSPS) is 22.2. The molecule has 5 rings (SSSR count). The molecule has 11 heteroatoms. The van der Waals surface area contributed by atoms with Gasteiger partial charge in [0.1, 0.15) is 23.5 Å². The van der Waals surface area contributed by atoms with Crippen molar-refractivity contribution < 1.29 is 18.3 Å². The Morgan fingerprint density at radius 3 is 2.67 bits per heavy atom. The number of halogens is 3. The number of rotatable bonds is 14. The number of nitrogens with zero attached hydrogens (tertiary/aromatic N) is 5. The van der Waals surface area contributed by atoms with Crippen LogP contribution in [0.4, 0.5) is 19.0 Å². The molecule has 3 N–H and O–H groups in total. The lowest BCUT2D eigenvalue weighted by Crippen LogP contribution is -2.56. The average molecular weight is 640 g/mol. The highest BCUT2D eigenvalue weighted by molar-refractivity contribution is 5.87. The third-order valence-corrected chi connectivity index (χ3v) is 10.3. The van der Waals surface area contributed by atoms with E-state index in [1.165, 1.54) is 5.57 Å². The van der Waals surface area contributed by atoms with Crippen molar-refractivity contribution in [2.75, 3.05) is 25.0 Å². The maximum Gasteiger partial charge on any atom is 0.433 e. The third kappa shape index (κ3) is 7.62. The highest BCUT2D eigenvalue weighted by atomic mass is 19.4. The fourth-order valence-corrected chi connectivity index (χ4v) is 7.54. The second kappa shape index (κ2) is 15.1. The van der Waals surface area contributed by atoms with Gasteiger partial charge in [-0.3, -0.25) is 4.90 Å². The Kier molecular flexibility index (Phi) is 11.1. The number of likely N-dealkylation sites (tertiary alicyclic amines) is 1. The number of hydrogen-bond acceptors (Lipinski definition) is 7. The second-order valence-electron chi connectivity index (χ2n) is 13.1. The van der Waals surface area contributed by atoms with Crippen molar-refractivity contribution in [2.45, 2.75) is 96.5 Å². The number of anilines is 1. The summed E-state index contributed by atoms with van der Waals surface area (Å²) in [5.41, 5.74) is 2.43. The number of unbranched alkanes of at least 4 members (excludes halogenated alkanes) is 1. The van der Waals surface area contributed by atoms with Crippen molar-refractivity contribution in [1.82, 2.24) is 24.8 Å². The number of aromatic nitrogens is 4. The first-order valence-corrected chi connectivity index (χ1v) is 16.8. The fourth-order valence-electron chi connectivity index (χ4n) is 7.54. The van der Waals surface area contributed by atoms with E-state index in [9.17, 15) is 18.3 Å². The zero-order valence-electron chi connectivity index (χ0n) is 27.2. The van der Waals surface area contributed by atoms with Gasteiger partial charge in [-0.15, -0.1) is 0 Å². The van der Waals surface area contributed by atoms with Gasteiger partial charge in [0.15, 0.2) is 0 Å². The van der Waals surface area contributed by atoms with Gasteiger partial charge < -0.3 is 20.4 Å². The largest absolute Gasteiger partial charge is 0.433 e. The van der Waals surface area contributed by atoms with Gasteiger partial charge in [0.25, 0.3) is 0 Å². The number of fused-ring (bicyclic) bond motifs is 1. The highest BCUT2D eigenvalue weighted by Crippen LogP contribution is 2.46. The van der Waals surface area contributed by atoms with E-state index < -0.39 is 18.5 Å². The summed E-state index contributed by atoms with van der Waals surface area (Å²) < 4.78 is 40.3. The topological polar surface area (TPSA) is 105 Å². The summed E-state index contributed by atoms with van der Waals surface area (Å²) >= 11 is 0. The minimum atomic E-state index is -4.57. The van der Waals surface area contributed by atoms with E-state index in [0.717, 1.165) is 93.7 Å². The van der Waals surface area contributed by atoms with E-state index in [4.69, 9.17) is 10.4 Å². The molecule has 4 unspecified atom stereocenters. The van der Waals surface area contributed by atoms with Crippen LogP contribution in [0.25, 0.3) is 16.6 Å². The quantitative estimate of drug-likeness (QED) is 0.158. The molecular weight excluding hydrogens is 591 g/mol. The van der Waals surface area contributed by atoms with Crippen LogP contribution in [-0.2, 0) is 12.8 Å². The third-order valence-electron chi connectivity index (χ3n) is 10.3. The molecule has 2 fully saturated rings. The number of hydrogen-bond donors (Lipinski definition) is 3. The number of aliphatic hydroxyl groups excluding tert-OH is 1. The Hall–Kier alpha value is -3.31. The van der Waals surface area contributed by atoms with Gasteiger partial charge in [0.2, 0.25) is 0 Å². The van der Waals surface area contributed by atoms with E-state index in [1.807, 2.05) is 11.1 Å². The summed E-state index contributed by atoms with van der Waals surface area (Å²) in [6.45, 7) is 5.74. The number of H-pyrrole nitrogens is 1. The van der Waals surface area contributed by atoms with Crippen molar-refractivity contribution in [3.05, 3.63) is 53.8 Å². The van der Waals surface area contributed by atoms with Crippen LogP contribution in [0.1, 0.15) is 88.6 Å². The number of pyridine rings is 1. The predicted molar refractivity (Wildman–Crippen MR) is 177 cm³/mol. The van der Waals surface area contributed by atoms with Crippen LogP contribution in [0.3, 0.4) is 0 Å². The Morgan fingerprint density at radius 2 is 2.00 bits per heavy atom. The molecule has 0 radical (unpaired) electrons. The molecule has 2 aliphatic rings. The first kappa shape index (κ1) is 34.0. The maximum absolute atomic E-state index is 13.4. The molecule has 1 saturated heterocycles. The van der Waals surface area contributed by atoms with Gasteiger partial charge in [-0.25, -0.2) is 15.0 Å². The molecule has 0 aromatic carbocycles. The van der Waals surface area contributed by atoms with E-state index in [0.29, 0.717) is 23.8 Å². The molecule has 4 atom stereocenters. The van der Waals surface area contributed by atoms with Crippen molar-refractivity contribution in [3.63, 3.8) is 0 Å². The summed E-state index contributed by atoms with van der Waals surface area (Å²) in [4.78, 5) is 20.6. The monoisotopic (exact) mass is 639 g/mol. The van der Waals surface area contributed by atoms with Gasteiger partial charge in [-0.2, -0.15) is 13.2 Å². The molecule has 3 aromatic heterocycles. The van der Waals surface area contributed by atoms with Crippen LogP contribution in [0.2, 0.25) is 0 Å². The molecule has 3 aromatic rings. The van der Waals surface area contributed by atoms with Crippen molar-refractivity contribution >= 4 is 28.6 Å². The summed E-state index contributed by atoms with van der Waals surface area (Å²) in [5.74, 6) is 1.66. The molecule has 4 heterocycles. The fraction of sp³-hybridized carbons (Fsp3) is 0.600. The summed E-state index contributed by atoms with van der Waals surface area (Å²) in [7, 11) is 1.80. The number of piperidine rings is 1. The second-order valence-corrected chi connectivity index (χ2v) is 13.1. The molecule has 0 bridgehead atoms. The number of aromatic amines is 1. The minimum absolute atomic E-state index is 0.0697. The minimum Gasteiger partial charge on any atom is -0.392 e. The Balaban J connectivity index is 1.23. The van der Waals surface area contributed by atoms with Crippen molar-refractivity contribution in [1.29, 1.82) is 5.41 Å². The standard InChI is InChI=1S/C35H48F3N7O/c1-4-6-7-25(33-29-9-13-40-34(29)42-22-41-33)16-23(5-2)17-26-20-30(28(26)8-12-39)45-14-10-27(11-15-45)44(3)32-19-24(21-46)18-31(43-32)35(36,37)38/h9,12-13,16,18-19,22-23,26-28,30,39,46H,4-8,10-11,14-15,17,20-21H2,1-3H3,(H,40,41,42). The van der Waals surface area contributed by atoms with Gasteiger partial charge in [0, 0.05) is 43.8 Å². The van der Waals surface area contributed by atoms with E-state index in [-0.39, 0.29) is 17.4 Å². The Bertz CT molecular complexity index is 1480. The van der Waals surface area contributed by atoms with E-state index in [2.05, 4.69) is 45.8 Å². The number of allylic oxidation sites excluding steroid dienone is 2. The Labute approximate surface area is 270 Å². The summed E-state index contributed by atoms with van der Waals surface area (Å²) in [6, 6.07) is 5.02. The van der Waals surface area contributed by atoms with Gasteiger partial charge >= 0.3 is 6.18 Å². The van der Waals surface area contributed by atoms with Crippen LogP contribution in [0.5, 0.6) is 0 Å². The zero-order chi connectivity index (χ0) is 32.8.